The number of ether oxygens (including phenoxy) is 3. The Morgan fingerprint density at radius 2 is 1.44 bits per heavy atom. The molecule has 0 saturated carbocycles. The quantitative estimate of drug-likeness (QED) is 0.358. The molecule has 0 amide bonds. The minimum Gasteiger partial charge on any atom is -0.478 e. The smallest absolute Gasteiger partial charge is 0.416 e. The third kappa shape index (κ3) is 6.05. The molecule has 0 aliphatic carbocycles. The van der Waals surface area contributed by atoms with Crippen molar-refractivity contribution in [2.75, 3.05) is 0 Å². The van der Waals surface area contributed by atoms with Crippen molar-refractivity contribution in [2.24, 2.45) is 0 Å². The minimum absolute atomic E-state index is 0.139. The van der Waals surface area contributed by atoms with Gasteiger partial charge in [0.25, 0.3) is 0 Å². The van der Waals surface area contributed by atoms with Crippen molar-refractivity contribution in [1.82, 2.24) is 0 Å². The molecule has 0 aliphatic heterocycles. The first-order valence-electron chi connectivity index (χ1n) is 10.2. The fourth-order valence-corrected chi connectivity index (χ4v) is 2.96. The van der Waals surface area contributed by atoms with Crippen LogP contribution in [0, 0.1) is 5.82 Å². The van der Waals surface area contributed by atoms with Crippen molar-refractivity contribution in [3.05, 3.63) is 89.7 Å². The summed E-state index contributed by atoms with van der Waals surface area (Å²) in [5.74, 6) is -1.03. The normalized spacial score (nSPS) is 14.2. The number of halogens is 4. The molecule has 0 radical (unpaired) electrons. The summed E-state index contributed by atoms with van der Waals surface area (Å²) in [4.78, 5) is 12.0. The Morgan fingerprint density at radius 1 is 0.912 bits per heavy atom. The number of carboxylic acids is 1. The van der Waals surface area contributed by atoms with Gasteiger partial charge in [0.15, 0.2) is 0 Å². The van der Waals surface area contributed by atoms with E-state index in [-0.39, 0.29) is 23.7 Å². The summed E-state index contributed by atoms with van der Waals surface area (Å²) >= 11 is 0. The average molecular weight is 478 g/mol. The van der Waals surface area contributed by atoms with Crippen molar-refractivity contribution >= 4 is 5.97 Å². The zero-order valence-electron chi connectivity index (χ0n) is 18.3. The van der Waals surface area contributed by atoms with Crippen LogP contribution in [0.3, 0.4) is 0 Å². The molecule has 0 heterocycles. The van der Waals surface area contributed by atoms with Gasteiger partial charge >= 0.3 is 12.1 Å². The minimum atomic E-state index is -4.44. The lowest BCUT2D eigenvalue weighted by molar-refractivity contribution is -0.168. The van der Waals surface area contributed by atoms with Crippen molar-refractivity contribution in [3.8, 4) is 17.2 Å². The van der Waals surface area contributed by atoms with Crippen LogP contribution < -0.4 is 9.47 Å². The van der Waals surface area contributed by atoms with Gasteiger partial charge in [-0.1, -0.05) is 18.2 Å². The highest BCUT2D eigenvalue weighted by molar-refractivity contribution is 5.78. The van der Waals surface area contributed by atoms with Crippen LogP contribution in [-0.4, -0.2) is 22.8 Å². The number of hydrogen-bond acceptors (Lipinski definition) is 4. The first-order chi connectivity index (χ1) is 16.0. The Morgan fingerprint density at radius 3 is 1.97 bits per heavy atom. The molecule has 0 aliphatic rings. The van der Waals surface area contributed by atoms with Gasteiger partial charge in [0.1, 0.15) is 29.2 Å². The van der Waals surface area contributed by atoms with Gasteiger partial charge in [-0.3, -0.25) is 0 Å². The summed E-state index contributed by atoms with van der Waals surface area (Å²) in [6.07, 6.45) is -5.39. The van der Waals surface area contributed by atoms with Crippen LogP contribution in [-0.2, 0) is 22.3 Å². The molecule has 3 aromatic rings. The predicted octanol–water partition coefficient (Wildman–Crippen LogP) is 6.46. The molecule has 5 nitrogen and oxygen atoms in total. The summed E-state index contributed by atoms with van der Waals surface area (Å²) < 4.78 is 68.7. The Labute approximate surface area is 193 Å². The molecule has 2 atom stereocenters. The predicted molar refractivity (Wildman–Crippen MR) is 115 cm³/mol. The molecule has 180 valence electrons. The van der Waals surface area contributed by atoms with E-state index >= 15 is 0 Å². The number of alkyl halides is 3. The van der Waals surface area contributed by atoms with Gasteiger partial charge < -0.3 is 19.3 Å². The van der Waals surface area contributed by atoms with Gasteiger partial charge in [0, 0.05) is 5.56 Å². The molecule has 9 heteroatoms. The van der Waals surface area contributed by atoms with E-state index < -0.39 is 35.2 Å². The van der Waals surface area contributed by atoms with Crippen molar-refractivity contribution < 1.29 is 41.7 Å². The van der Waals surface area contributed by atoms with Gasteiger partial charge in [-0.25, -0.2) is 9.18 Å². The van der Waals surface area contributed by atoms with Crippen LogP contribution in [0.25, 0.3) is 0 Å². The number of aliphatic carboxylic acids is 1. The number of carbonyl (C=O) groups is 1. The molecule has 34 heavy (non-hydrogen) atoms. The molecule has 1 N–H and O–H groups in total. The van der Waals surface area contributed by atoms with Gasteiger partial charge in [-0.2, -0.15) is 13.2 Å². The topological polar surface area (TPSA) is 65.0 Å². The van der Waals surface area contributed by atoms with Crippen LogP contribution in [0.4, 0.5) is 17.6 Å². The van der Waals surface area contributed by atoms with E-state index in [1.54, 1.807) is 6.07 Å². The molecule has 3 rings (SSSR count). The number of rotatable bonds is 9. The van der Waals surface area contributed by atoms with Crippen LogP contribution >= 0.6 is 0 Å². The second-order valence-electron chi connectivity index (χ2n) is 7.65. The number of hydrogen-bond donors (Lipinski definition) is 1. The first-order valence-corrected chi connectivity index (χ1v) is 10.2. The Balaban J connectivity index is 1.66. The van der Waals surface area contributed by atoms with Crippen molar-refractivity contribution in [1.29, 1.82) is 0 Å². The summed E-state index contributed by atoms with van der Waals surface area (Å²) in [6, 6.07) is 16.1. The summed E-state index contributed by atoms with van der Waals surface area (Å²) in [6.45, 7) is 2.71. The van der Waals surface area contributed by atoms with E-state index in [1.807, 2.05) is 0 Å². The fourth-order valence-electron chi connectivity index (χ4n) is 2.96. The van der Waals surface area contributed by atoms with Crippen molar-refractivity contribution in [2.45, 2.75) is 38.3 Å². The van der Waals surface area contributed by atoms with Gasteiger partial charge in [-0.05, 0) is 68.4 Å². The van der Waals surface area contributed by atoms with Gasteiger partial charge in [0.05, 0.1) is 12.2 Å². The number of carboxylic acid groups (broad SMARTS) is 1. The third-order valence-electron chi connectivity index (χ3n) is 5.22. The zero-order chi connectivity index (χ0) is 24.9. The highest BCUT2D eigenvalue weighted by atomic mass is 19.4. The maximum Gasteiger partial charge on any atom is 0.416 e. The van der Waals surface area contributed by atoms with E-state index in [0.717, 1.165) is 12.1 Å². The summed E-state index contributed by atoms with van der Waals surface area (Å²) in [5.41, 5.74) is -2.30. The van der Waals surface area contributed by atoms with Crippen LogP contribution in [0.2, 0.25) is 0 Å². The molecule has 0 saturated heterocycles. The number of benzene rings is 3. The zero-order valence-corrected chi connectivity index (χ0v) is 18.3. The molecule has 0 spiro atoms. The van der Waals surface area contributed by atoms with Crippen LogP contribution in [0.15, 0.2) is 72.8 Å². The Bertz CT molecular complexity index is 1110. The second kappa shape index (κ2) is 10.1. The maximum absolute atomic E-state index is 13.8. The van der Waals surface area contributed by atoms with E-state index in [1.165, 1.54) is 68.4 Å². The lowest BCUT2D eigenvalue weighted by Gasteiger charge is -2.32. The molecular formula is C25H22F4O5. The first kappa shape index (κ1) is 25.0. The summed E-state index contributed by atoms with van der Waals surface area (Å²) in [5, 5.41) is 9.76. The van der Waals surface area contributed by atoms with E-state index in [2.05, 4.69) is 0 Å². The lowest BCUT2D eigenvalue weighted by Crippen LogP contribution is -2.51. The van der Waals surface area contributed by atoms with E-state index in [4.69, 9.17) is 14.2 Å². The Kier molecular flexibility index (Phi) is 7.46. The average Bonchev–Trinajstić information content (AvgIpc) is 2.79. The summed E-state index contributed by atoms with van der Waals surface area (Å²) in [7, 11) is 0. The SMILES string of the molecule is CC(OCc1ccccc1F)C(C)(Oc1ccc(Oc2ccc(C(F)(F)F)cc2)cc1)C(=O)O. The van der Waals surface area contributed by atoms with Crippen molar-refractivity contribution in [3.63, 3.8) is 0 Å². The van der Waals surface area contributed by atoms with Gasteiger partial charge in [0.2, 0.25) is 5.60 Å². The monoisotopic (exact) mass is 478 g/mol. The largest absolute Gasteiger partial charge is 0.478 e. The van der Waals surface area contributed by atoms with E-state index in [0.29, 0.717) is 5.75 Å². The van der Waals surface area contributed by atoms with Crippen LogP contribution in [0.1, 0.15) is 25.0 Å². The van der Waals surface area contributed by atoms with E-state index in [9.17, 15) is 27.5 Å². The Hall–Kier alpha value is -3.59. The van der Waals surface area contributed by atoms with Crippen LogP contribution in [0.5, 0.6) is 17.2 Å². The molecule has 0 aromatic heterocycles. The highest BCUT2D eigenvalue weighted by Crippen LogP contribution is 2.32. The molecule has 2 unspecified atom stereocenters. The lowest BCUT2D eigenvalue weighted by atomic mass is 10.00. The van der Waals surface area contributed by atoms with Gasteiger partial charge in [-0.15, -0.1) is 0 Å². The highest BCUT2D eigenvalue weighted by Gasteiger charge is 2.43. The third-order valence-corrected chi connectivity index (χ3v) is 5.22. The maximum atomic E-state index is 13.8. The molecule has 0 bridgehead atoms. The molecular weight excluding hydrogens is 456 g/mol. The second-order valence-corrected chi connectivity index (χ2v) is 7.65. The fraction of sp³-hybridized carbons (Fsp3) is 0.240. The standard InChI is InChI=1S/C25H22F4O5/c1-16(32-15-17-5-3-4-6-22(17)26)24(2,23(30)31)34-21-13-11-20(12-14-21)33-19-9-7-18(8-10-19)25(27,28)29/h3-14,16H,15H2,1-2H3,(H,30,31). The molecule has 3 aromatic carbocycles. The molecule has 0 fully saturated rings.